The number of hydrogen-bond donors (Lipinski definition) is 0. The number of rotatable bonds is 8. The van der Waals surface area contributed by atoms with Crippen molar-refractivity contribution in [1.29, 1.82) is 0 Å². The molecule has 1 aliphatic rings. The van der Waals surface area contributed by atoms with Crippen LogP contribution in [0.4, 0.5) is 0 Å². The van der Waals surface area contributed by atoms with Crippen LogP contribution in [0.3, 0.4) is 0 Å². The van der Waals surface area contributed by atoms with Gasteiger partial charge in [-0.15, -0.1) is 0 Å². The lowest BCUT2D eigenvalue weighted by atomic mass is 9.97. The van der Waals surface area contributed by atoms with Gasteiger partial charge in [0.2, 0.25) is 0 Å². The van der Waals surface area contributed by atoms with Crippen LogP contribution in [-0.4, -0.2) is 58.6 Å². The van der Waals surface area contributed by atoms with E-state index in [1.54, 1.807) is 7.11 Å². The van der Waals surface area contributed by atoms with Gasteiger partial charge in [0.25, 0.3) is 0 Å². The SMILES string of the molecule is CCOC(=O)C1CCN(Cn2nc(-c3cccc(C)c3)n(CCOC)c2=S)CC1. The average Bonchev–Trinajstić information content (AvgIpc) is 3.02. The van der Waals surface area contributed by atoms with E-state index in [4.69, 9.17) is 26.8 Å². The van der Waals surface area contributed by atoms with Crippen molar-refractivity contribution in [1.82, 2.24) is 19.2 Å². The molecule has 0 radical (unpaired) electrons. The topological polar surface area (TPSA) is 61.5 Å². The van der Waals surface area contributed by atoms with Gasteiger partial charge in [0.1, 0.15) is 0 Å². The maximum absolute atomic E-state index is 12.0. The summed E-state index contributed by atoms with van der Waals surface area (Å²) in [5.74, 6) is 0.785. The van der Waals surface area contributed by atoms with Crippen molar-refractivity contribution < 1.29 is 14.3 Å². The van der Waals surface area contributed by atoms with Gasteiger partial charge in [-0.05, 0) is 45.0 Å². The molecule has 7 nitrogen and oxygen atoms in total. The van der Waals surface area contributed by atoms with Gasteiger partial charge in [-0.25, -0.2) is 4.68 Å². The highest BCUT2D eigenvalue weighted by molar-refractivity contribution is 7.71. The molecule has 2 aromatic rings. The van der Waals surface area contributed by atoms with Crippen LogP contribution >= 0.6 is 12.2 Å². The third kappa shape index (κ3) is 5.32. The Morgan fingerprint density at radius 3 is 2.72 bits per heavy atom. The second-order valence-electron chi connectivity index (χ2n) is 7.41. The summed E-state index contributed by atoms with van der Waals surface area (Å²) in [6.45, 7) is 7.87. The lowest BCUT2D eigenvalue weighted by Crippen LogP contribution is -2.38. The summed E-state index contributed by atoms with van der Waals surface area (Å²) in [5.41, 5.74) is 2.23. The first-order valence-electron chi connectivity index (χ1n) is 10.2. The third-order valence-electron chi connectivity index (χ3n) is 5.26. The Hall–Kier alpha value is -2.03. The molecule has 158 valence electrons. The highest BCUT2D eigenvalue weighted by atomic mass is 32.1. The van der Waals surface area contributed by atoms with Gasteiger partial charge in [0.15, 0.2) is 10.6 Å². The molecule has 0 N–H and O–H groups in total. The number of aryl methyl sites for hydroxylation is 1. The van der Waals surface area contributed by atoms with Crippen LogP contribution in [0.2, 0.25) is 0 Å². The summed E-state index contributed by atoms with van der Waals surface area (Å²) in [6, 6.07) is 8.29. The number of piperidine rings is 1. The first-order valence-corrected chi connectivity index (χ1v) is 10.6. The number of nitrogens with zero attached hydrogens (tertiary/aromatic N) is 4. The average molecular weight is 419 g/mol. The van der Waals surface area contributed by atoms with Crippen molar-refractivity contribution >= 4 is 18.2 Å². The van der Waals surface area contributed by atoms with Crippen LogP contribution in [0.1, 0.15) is 25.3 Å². The summed E-state index contributed by atoms with van der Waals surface area (Å²) < 4.78 is 15.0. The Labute approximate surface area is 177 Å². The molecule has 0 bridgehead atoms. The molecule has 29 heavy (non-hydrogen) atoms. The summed E-state index contributed by atoms with van der Waals surface area (Å²) in [4.78, 5) is 14.3. The molecule has 1 aromatic carbocycles. The number of likely N-dealkylation sites (tertiary alicyclic amines) is 1. The number of carbonyl (C=O) groups excluding carboxylic acids is 1. The molecule has 1 aliphatic heterocycles. The number of methoxy groups -OCH3 is 1. The smallest absolute Gasteiger partial charge is 0.309 e. The molecule has 8 heteroatoms. The summed E-state index contributed by atoms with van der Waals surface area (Å²) in [6.07, 6.45) is 1.61. The normalized spacial score (nSPS) is 15.6. The summed E-state index contributed by atoms with van der Waals surface area (Å²) in [7, 11) is 1.69. The van der Waals surface area contributed by atoms with Gasteiger partial charge in [0, 0.05) is 25.8 Å². The minimum atomic E-state index is -0.0747. The Morgan fingerprint density at radius 2 is 2.07 bits per heavy atom. The quantitative estimate of drug-likeness (QED) is 0.484. The zero-order valence-corrected chi connectivity index (χ0v) is 18.3. The van der Waals surface area contributed by atoms with E-state index < -0.39 is 0 Å². The van der Waals surface area contributed by atoms with Gasteiger partial charge in [-0.3, -0.25) is 14.3 Å². The van der Waals surface area contributed by atoms with E-state index in [1.165, 1.54) is 5.56 Å². The van der Waals surface area contributed by atoms with Crippen LogP contribution < -0.4 is 0 Å². The lowest BCUT2D eigenvalue weighted by molar-refractivity contribution is -0.149. The van der Waals surface area contributed by atoms with Crippen LogP contribution in [0.5, 0.6) is 0 Å². The van der Waals surface area contributed by atoms with Crippen LogP contribution in [0.25, 0.3) is 11.4 Å². The van der Waals surface area contributed by atoms with Crippen molar-refractivity contribution in [2.75, 3.05) is 33.4 Å². The van der Waals surface area contributed by atoms with E-state index in [-0.39, 0.29) is 11.9 Å². The van der Waals surface area contributed by atoms with Gasteiger partial charge >= 0.3 is 5.97 Å². The second kappa shape index (κ2) is 10.1. The maximum atomic E-state index is 12.0. The number of carbonyl (C=O) groups is 1. The van der Waals surface area contributed by atoms with Gasteiger partial charge in [-0.1, -0.05) is 23.8 Å². The minimum Gasteiger partial charge on any atom is -0.466 e. The number of aromatic nitrogens is 3. The first-order chi connectivity index (χ1) is 14.0. The van der Waals surface area contributed by atoms with Gasteiger partial charge < -0.3 is 9.47 Å². The highest BCUT2D eigenvalue weighted by Gasteiger charge is 2.26. The van der Waals surface area contributed by atoms with Crippen molar-refractivity contribution in [3.63, 3.8) is 0 Å². The molecule has 0 saturated carbocycles. The Bertz CT molecular complexity index is 884. The third-order valence-corrected chi connectivity index (χ3v) is 5.69. The standard InChI is InChI=1S/C21H30N4O3S/c1-4-28-20(26)17-8-10-23(11-9-17)15-25-21(29)24(12-13-27-3)19(22-25)18-7-5-6-16(2)14-18/h5-7,14,17H,4,8-13,15H2,1-3H3. The van der Waals surface area contributed by atoms with Crippen molar-refractivity contribution in [2.24, 2.45) is 5.92 Å². The predicted octanol–water partition coefficient (Wildman–Crippen LogP) is 3.27. The molecule has 0 spiro atoms. The van der Waals surface area contributed by atoms with Crippen LogP contribution in [-0.2, 0) is 27.5 Å². The summed E-state index contributed by atoms with van der Waals surface area (Å²) in [5, 5.41) is 4.84. The van der Waals surface area contributed by atoms with E-state index in [0.717, 1.165) is 37.3 Å². The molecule has 3 rings (SSSR count). The van der Waals surface area contributed by atoms with Crippen LogP contribution in [0.15, 0.2) is 24.3 Å². The second-order valence-corrected chi connectivity index (χ2v) is 7.77. The first kappa shape index (κ1) is 21.7. The molecule has 1 aromatic heterocycles. The number of benzene rings is 1. The summed E-state index contributed by atoms with van der Waals surface area (Å²) >= 11 is 5.73. The molecule has 2 heterocycles. The molecule has 1 saturated heterocycles. The van der Waals surface area contributed by atoms with E-state index in [1.807, 2.05) is 22.2 Å². The fraction of sp³-hybridized carbons (Fsp3) is 0.571. The van der Waals surface area contributed by atoms with E-state index >= 15 is 0 Å². The molecule has 0 atom stereocenters. The number of esters is 1. The zero-order valence-electron chi connectivity index (χ0n) is 17.5. The monoisotopic (exact) mass is 418 g/mol. The van der Waals surface area contributed by atoms with Gasteiger partial charge in [-0.2, -0.15) is 5.10 Å². The van der Waals surface area contributed by atoms with Gasteiger partial charge in [0.05, 0.1) is 32.3 Å². The van der Waals surface area contributed by atoms with Crippen molar-refractivity contribution in [3.05, 3.63) is 34.6 Å². The predicted molar refractivity (Wildman–Crippen MR) is 114 cm³/mol. The van der Waals surface area contributed by atoms with E-state index in [0.29, 0.717) is 31.2 Å². The molecule has 0 aliphatic carbocycles. The molecular weight excluding hydrogens is 388 g/mol. The zero-order chi connectivity index (χ0) is 20.8. The molecule has 0 amide bonds. The Morgan fingerprint density at radius 1 is 1.31 bits per heavy atom. The Balaban J connectivity index is 1.76. The molecular formula is C21H30N4O3S. The fourth-order valence-corrected chi connectivity index (χ4v) is 3.95. The van der Waals surface area contributed by atoms with Crippen molar-refractivity contribution in [2.45, 2.75) is 39.9 Å². The van der Waals surface area contributed by atoms with Crippen LogP contribution in [0, 0.1) is 17.6 Å². The minimum absolute atomic E-state index is 0.00119. The fourth-order valence-electron chi connectivity index (χ4n) is 3.67. The number of hydrogen-bond acceptors (Lipinski definition) is 6. The number of ether oxygens (including phenoxy) is 2. The van der Waals surface area contributed by atoms with E-state index in [9.17, 15) is 4.79 Å². The lowest BCUT2D eigenvalue weighted by Gasteiger charge is -2.30. The largest absolute Gasteiger partial charge is 0.466 e. The highest BCUT2D eigenvalue weighted by Crippen LogP contribution is 2.22. The molecule has 0 unspecified atom stereocenters. The molecule has 1 fully saturated rings. The maximum Gasteiger partial charge on any atom is 0.309 e. The van der Waals surface area contributed by atoms with E-state index in [2.05, 4.69) is 30.0 Å². The van der Waals surface area contributed by atoms with Crippen molar-refractivity contribution in [3.8, 4) is 11.4 Å². The Kier molecular flexibility index (Phi) is 7.57.